The van der Waals surface area contributed by atoms with Crippen LogP contribution < -0.4 is 10.5 Å². The van der Waals surface area contributed by atoms with Crippen LogP contribution in [0.2, 0.25) is 0 Å². The second-order valence-electron chi connectivity index (χ2n) is 4.40. The molecule has 0 radical (unpaired) electrons. The molecule has 1 aliphatic rings. The van der Waals surface area contributed by atoms with Crippen molar-refractivity contribution in [3.8, 4) is 0 Å². The first-order valence-corrected chi connectivity index (χ1v) is 6.89. The Balaban J connectivity index is 2.13. The number of rotatable bonds is 4. The molecule has 1 saturated heterocycles. The number of hydrogen-bond donors (Lipinski definition) is 3. The molecule has 1 atom stereocenters. The third-order valence-electron chi connectivity index (χ3n) is 2.84. The van der Waals surface area contributed by atoms with Crippen molar-refractivity contribution in [2.75, 3.05) is 25.5 Å². The number of nitrogens with zero attached hydrogens (tertiary/aromatic N) is 2. The minimum Gasteiger partial charge on any atom is -0.386 e. The van der Waals surface area contributed by atoms with E-state index in [9.17, 15) is 13.5 Å². The van der Waals surface area contributed by atoms with Gasteiger partial charge in [0.15, 0.2) is 10.8 Å². The summed E-state index contributed by atoms with van der Waals surface area (Å²) in [5, 5.41) is 9.88. The predicted octanol–water partition coefficient (Wildman–Crippen LogP) is -1.57. The quantitative estimate of drug-likeness (QED) is 0.611. The van der Waals surface area contributed by atoms with Gasteiger partial charge in [0, 0.05) is 26.6 Å². The molecule has 102 valence electrons. The van der Waals surface area contributed by atoms with Crippen molar-refractivity contribution in [1.29, 1.82) is 0 Å². The molecule has 8 nitrogen and oxygen atoms in total. The predicted molar refractivity (Wildman–Crippen MR) is 63.2 cm³/mol. The number of aryl methyl sites for hydroxylation is 1. The summed E-state index contributed by atoms with van der Waals surface area (Å²) in [7, 11) is -2.26. The zero-order valence-corrected chi connectivity index (χ0v) is 10.8. The number of nitrogens with one attached hydrogen (secondary N) is 1. The van der Waals surface area contributed by atoms with Crippen molar-refractivity contribution in [2.24, 2.45) is 7.05 Å². The molecule has 0 bridgehead atoms. The topological polar surface area (TPSA) is 119 Å². The van der Waals surface area contributed by atoms with E-state index in [4.69, 9.17) is 10.5 Å². The molecule has 9 heteroatoms. The Morgan fingerprint density at radius 2 is 2.44 bits per heavy atom. The van der Waals surface area contributed by atoms with Crippen LogP contribution in [-0.4, -0.2) is 48.4 Å². The van der Waals surface area contributed by atoms with E-state index >= 15 is 0 Å². The third kappa shape index (κ3) is 2.48. The number of aromatic nitrogens is 2. The fraction of sp³-hybridized carbons (Fsp3) is 0.667. The van der Waals surface area contributed by atoms with Crippen molar-refractivity contribution in [2.45, 2.75) is 17.0 Å². The van der Waals surface area contributed by atoms with Gasteiger partial charge in [0.1, 0.15) is 5.60 Å². The molecule has 0 aliphatic carbocycles. The number of sulfonamides is 1. The van der Waals surface area contributed by atoms with E-state index in [1.54, 1.807) is 0 Å². The molecule has 18 heavy (non-hydrogen) atoms. The van der Waals surface area contributed by atoms with E-state index in [0.29, 0.717) is 13.0 Å². The number of hydrogen-bond acceptors (Lipinski definition) is 6. The van der Waals surface area contributed by atoms with Crippen molar-refractivity contribution in [1.82, 2.24) is 14.3 Å². The summed E-state index contributed by atoms with van der Waals surface area (Å²) in [5.41, 5.74) is 4.35. The lowest BCUT2D eigenvalue weighted by Crippen LogP contribution is -2.43. The molecular weight excluding hydrogens is 260 g/mol. The van der Waals surface area contributed by atoms with Gasteiger partial charge in [-0.1, -0.05) is 0 Å². The summed E-state index contributed by atoms with van der Waals surface area (Å²) < 4.78 is 32.7. The second-order valence-corrected chi connectivity index (χ2v) is 6.08. The van der Waals surface area contributed by atoms with Gasteiger partial charge < -0.3 is 20.1 Å². The first-order chi connectivity index (χ1) is 8.34. The number of aliphatic hydroxyl groups is 1. The molecule has 4 N–H and O–H groups in total. The van der Waals surface area contributed by atoms with E-state index in [-0.39, 0.29) is 24.0 Å². The Kier molecular flexibility index (Phi) is 3.32. The molecule has 0 spiro atoms. The van der Waals surface area contributed by atoms with Gasteiger partial charge >= 0.3 is 0 Å². The van der Waals surface area contributed by atoms with Crippen LogP contribution in [0, 0.1) is 0 Å². The molecule has 2 heterocycles. The largest absolute Gasteiger partial charge is 0.386 e. The zero-order valence-electron chi connectivity index (χ0n) is 9.96. The van der Waals surface area contributed by atoms with Gasteiger partial charge in [-0.05, 0) is 0 Å². The van der Waals surface area contributed by atoms with Gasteiger partial charge in [-0.3, -0.25) is 0 Å². The summed E-state index contributed by atoms with van der Waals surface area (Å²) in [6.45, 7) is 0.433. The van der Waals surface area contributed by atoms with E-state index in [2.05, 4.69) is 9.71 Å². The number of nitrogen functional groups attached to an aromatic ring is 1. The maximum absolute atomic E-state index is 12.0. The molecule has 0 amide bonds. The first kappa shape index (κ1) is 13.3. The van der Waals surface area contributed by atoms with E-state index in [0.717, 1.165) is 0 Å². The highest BCUT2D eigenvalue weighted by Crippen LogP contribution is 2.19. The van der Waals surface area contributed by atoms with Crippen LogP contribution in [0.15, 0.2) is 11.4 Å². The van der Waals surface area contributed by atoms with Gasteiger partial charge in [0.05, 0.1) is 12.9 Å². The van der Waals surface area contributed by atoms with E-state index in [1.165, 1.54) is 17.9 Å². The van der Waals surface area contributed by atoms with Crippen molar-refractivity contribution in [3.05, 3.63) is 6.33 Å². The summed E-state index contributed by atoms with van der Waals surface area (Å²) in [6, 6.07) is 0. The normalized spacial score (nSPS) is 24.6. The Morgan fingerprint density at radius 3 is 2.94 bits per heavy atom. The molecule has 1 aliphatic heterocycles. The molecule has 1 unspecified atom stereocenters. The van der Waals surface area contributed by atoms with Crippen molar-refractivity contribution >= 4 is 15.8 Å². The van der Waals surface area contributed by atoms with Gasteiger partial charge in [0.2, 0.25) is 0 Å². The number of anilines is 1. The van der Waals surface area contributed by atoms with E-state index < -0.39 is 15.6 Å². The molecule has 2 rings (SSSR count). The van der Waals surface area contributed by atoms with Crippen LogP contribution in [0.3, 0.4) is 0 Å². The number of imidazole rings is 1. The van der Waals surface area contributed by atoms with Gasteiger partial charge in [0.25, 0.3) is 10.0 Å². The lowest BCUT2D eigenvalue weighted by molar-refractivity contribution is 0.0314. The maximum Gasteiger partial charge on any atom is 0.260 e. The van der Waals surface area contributed by atoms with Crippen LogP contribution in [0.4, 0.5) is 5.82 Å². The second kappa shape index (κ2) is 4.50. The summed E-state index contributed by atoms with van der Waals surface area (Å²) in [6.07, 6.45) is 1.72. The monoisotopic (exact) mass is 276 g/mol. The minimum atomic E-state index is -3.79. The van der Waals surface area contributed by atoms with Crippen molar-refractivity contribution in [3.63, 3.8) is 0 Å². The van der Waals surface area contributed by atoms with Crippen molar-refractivity contribution < 1.29 is 18.3 Å². The highest BCUT2D eigenvalue weighted by molar-refractivity contribution is 7.89. The lowest BCUT2D eigenvalue weighted by atomic mass is 10.1. The standard InChI is InChI=1S/C9H16N4O4S/c1-13-6-11-7(10)8(13)18(15,16)12-4-9(14)2-3-17-5-9/h6,12,14H,2-5,10H2,1H3. The highest BCUT2D eigenvalue weighted by atomic mass is 32.2. The molecule has 0 aromatic carbocycles. The fourth-order valence-electron chi connectivity index (χ4n) is 1.80. The first-order valence-electron chi connectivity index (χ1n) is 5.41. The number of ether oxygens (including phenoxy) is 1. The van der Waals surface area contributed by atoms with Crippen LogP contribution in [-0.2, 0) is 21.8 Å². The Labute approximate surface area is 105 Å². The maximum atomic E-state index is 12.0. The average Bonchev–Trinajstić information content (AvgIpc) is 2.85. The molecule has 1 fully saturated rings. The molecule has 0 saturated carbocycles. The Bertz CT molecular complexity index is 513. The third-order valence-corrected chi connectivity index (χ3v) is 4.37. The zero-order chi connectivity index (χ0) is 13.4. The number of nitrogens with two attached hydrogens (primary N) is 1. The Hall–Kier alpha value is -1.16. The van der Waals surface area contributed by atoms with Crippen LogP contribution in [0.25, 0.3) is 0 Å². The molecular formula is C9H16N4O4S. The van der Waals surface area contributed by atoms with E-state index in [1.807, 2.05) is 0 Å². The van der Waals surface area contributed by atoms with Crippen LogP contribution in [0.5, 0.6) is 0 Å². The molecule has 1 aromatic heterocycles. The van der Waals surface area contributed by atoms with Gasteiger partial charge in [-0.25, -0.2) is 18.1 Å². The average molecular weight is 276 g/mol. The summed E-state index contributed by atoms with van der Waals surface area (Å²) in [4.78, 5) is 3.71. The van der Waals surface area contributed by atoms with Crippen LogP contribution in [0.1, 0.15) is 6.42 Å². The summed E-state index contributed by atoms with van der Waals surface area (Å²) in [5.74, 6) is -0.0698. The van der Waals surface area contributed by atoms with Gasteiger partial charge in [-0.2, -0.15) is 0 Å². The Morgan fingerprint density at radius 1 is 1.72 bits per heavy atom. The molecule has 1 aromatic rings. The van der Waals surface area contributed by atoms with Gasteiger partial charge in [-0.15, -0.1) is 0 Å². The minimum absolute atomic E-state index is 0.0698. The lowest BCUT2D eigenvalue weighted by Gasteiger charge is -2.20. The SMILES string of the molecule is Cn1cnc(N)c1S(=O)(=O)NCC1(O)CCOC1. The smallest absolute Gasteiger partial charge is 0.260 e. The fourth-order valence-corrected chi connectivity index (χ4v) is 3.15. The summed E-state index contributed by atoms with van der Waals surface area (Å²) >= 11 is 0. The van der Waals surface area contributed by atoms with Crippen LogP contribution >= 0.6 is 0 Å². The highest BCUT2D eigenvalue weighted by Gasteiger charge is 2.34.